The summed E-state index contributed by atoms with van der Waals surface area (Å²) in [6, 6.07) is 6.79. The summed E-state index contributed by atoms with van der Waals surface area (Å²) in [6.45, 7) is 4.20. The molecule has 0 bridgehead atoms. The number of rotatable bonds is 2. The molecule has 1 saturated heterocycles. The predicted molar refractivity (Wildman–Crippen MR) is 90.8 cm³/mol. The minimum Gasteiger partial charge on any atom is -0.369 e. The van der Waals surface area contributed by atoms with E-state index in [-0.39, 0.29) is 0 Å². The first kappa shape index (κ1) is 14.1. The summed E-state index contributed by atoms with van der Waals surface area (Å²) in [5.41, 5.74) is 8.23. The number of nitrogens with zero attached hydrogens (tertiary/aromatic N) is 4. The molecule has 2 aromatic rings. The van der Waals surface area contributed by atoms with E-state index in [2.05, 4.69) is 74.2 Å². The lowest BCUT2D eigenvalue weighted by Crippen LogP contribution is -2.51. The Labute approximate surface area is 132 Å². The molecule has 1 aromatic heterocycles. The van der Waals surface area contributed by atoms with Gasteiger partial charge in [0.1, 0.15) is 0 Å². The van der Waals surface area contributed by atoms with Crippen LogP contribution in [0.25, 0.3) is 11.0 Å². The van der Waals surface area contributed by atoms with Crippen molar-refractivity contribution in [3.8, 4) is 0 Å². The molecule has 2 N–H and O–H groups in total. The van der Waals surface area contributed by atoms with Gasteiger partial charge < -0.3 is 15.2 Å². The highest BCUT2D eigenvalue weighted by Gasteiger charge is 2.23. The van der Waals surface area contributed by atoms with Crippen LogP contribution in [-0.2, 0) is 6.54 Å². The van der Waals surface area contributed by atoms with Crippen LogP contribution in [0, 0.1) is 3.57 Å². The van der Waals surface area contributed by atoms with Crippen LogP contribution < -0.4 is 5.73 Å². The number of fused-ring (bicyclic) bond motifs is 1. The van der Waals surface area contributed by atoms with Gasteiger partial charge in [0.25, 0.3) is 0 Å². The first-order valence-electron chi connectivity index (χ1n) is 6.84. The van der Waals surface area contributed by atoms with Crippen LogP contribution in [0.3, 0.4) is 0 Å². The van der Waals surface area contributed by atoms with Gasteiger partial charge in [0.2, 0.25) is 5.95 Å². The number of imidazole rings is 1. The number of nitrogen functional groups attached to an aromatic ring is 1. The van der Waals surface area contributed by atoms with Crippen molar-refractivity contribution in [3.63, 3.8) is 0 Å². The molecule has 0 aliphatic carbocycles. The lowest BCUT2D eigenvalue weighted by molar-refractivity contribution is 0.104. The Balaban J connectivity index is 1.92. The number of piperazine rings is 1. The maximum atomic E-state index is 6.12. The summed E-state index contributed by atoms with van der Waals surface area (Å²) in [5, 5.41) is 0. The van der Waals surface area contributed by atoms with Crippen molar-refractivity contribution in [2.75, 3.05) is 39.5 Å². The molecule has 1 aromatic carbocycles. The Morgan fingerprint density at radius 3 is 2.95 bits per heavy atom. The topological polar surface area (TPSA) is 50.3 Å². The predicted octanol–water partition coefficient (Wildman–Crippen LogP) is 1.47. The lowest BCUT2D eigenvalue weighted by atomic mass is 10.2. The van der Waals surface area contributed by atoms with Crippen LogP contribution in [0.15, 0.2) is 18.2 Å². The number of nitrogens with two attached hydrogens (primary N) is 1. The molecule has 5 nitrogen and oxygen atoms in total. The third-order valence-electron chi connectivity index (χ3n) is 4.11. The Kier molecular flexibility index (Phi) is 3.87. The third kappa shape index (κ3) is 2.64. The van der Waals surface area contributed by atoms with E-state index in [1.54, 1.807) is 0 Å². The average Bonchev–Trinajstić information content (AvgIpc) is 2.69. The van der Waals surface area contributed by atoms with Gasteiger partial charge in [0.05, 0.1) is 11.0 Å². The minimum atomic E-state index is 0.479. The molecule has 1 unspecified atom stereocenters. The highest BCUT2D eigenvalue weighted by Crippen LogP contribution is 2.22. The molecule has 1 aliphatic heterocycles. The molecule has 2 heterocycles. The highest BCUT2D eigenvalue weighted by molar-refractivity contribution is 14.1. The normalized spacial score (nSPS) is 21.6. The fraction of sp³-hybridized carbons (Fsp3) is 0.500. The zero-order valence-electron chi connectivity index (χ0n) is 11.9. The molecule has 1 aliphatic rings. The lowest BCUT2D eigenvalue weighted by Gasteiger charge is -2.38. The van der Waals surface area contributed by atoms with Crippen LogP contribution >= 0.6 is 22.6 Å². The van der Waals surface area contributed by atoms with E-state index in [4.69, 9.17) is 5.73 Å². The second-order valence-corrected chi connectivity index (χ2v) is 6.86. The summed E-state index contributed by atoms with van der Waals surface area (Å²) in [7, 11) is 4.37. The van der Waals surface area contributed by atoms with Gasteiger partial charge in [-0.2, -0.15) is 0 Å². The Hall–Kier alpha value is -0.860. The van der Waals surface area contributed by atoms with Gasteiger partial charge >= 0.3 is 0 Å². The Morgan fingerprint density at radius 2 is 2.15 bits per heavy atom. The first-order valence-corrected chi connectivity index (χ1v) is 7.92. The summed E-state index contributed by atoms with van der Waals surface area (Å²) < 4.78 is 3.33. The van der Waals surface area contributed by atoms with E-state index in [1.807, 2.05) is 0 Å². The molecule has 0 amide bonds. The molecule has 6 heteroatoms. The zero-order chi connectivity index (χ0) is 14.3. The summed E-state index contributed by atoms with van der Waals surface area (Å²) in [5.74, 6) is 0.614. The number of likely N-dealkylation sites (N-methyl/N-ethyl adjacent to an activating group) is 2. The first-order chi connectivity index (χ1) is 9.54. The molecule has 1 atom stereocenters. The second-order valence-electron chi connectivity index (χ2n) is 5.61. The van der Waals surface area contributed by atoms with E-state index in [1.165, 1.54) is 3.57 Å². The second kappa shape index (κ2) is 5.50. The highest BCUT2D eigenvalue weighted by atomic mass is 127. The summed E-state index contributed by atoms with van der Waals surface area (Å²) in [4.78, 5) is 9.28. The van der Waals surface area contributed by atoms with E-state index in [0.717, 1.165) is 37.2 Å². The van der Waals surface area contributed by atoms with Crippen LogP contribution in [0.5, 0.6) is 0 Å². The molecule has 108 valence electrons. The van der Waals surface area contributed by atoms with Crippen LogP contribution in [0.4, 0.5) is 5.95 Å². The monoisotopic (exact) mass is 385 g/mol. The van der Waals surface area contributed by atoms with Crippen LogP contribution in [-0.4, -0.2) is 59.1 Å². The molecule has 1 fully saturated rings. The van der Waals surface area contributed by atoms with Crippen molar-refractivity contribution < 1.29 is 0 Å². The van der Waals surface area contributed by atoms with E-state index < -0.39 is 0 Å². The summed E-state index contributed by atoms with van der Waals surface area (Å²) in [6.07, 6.45) is 0. The summed E-state index contributed by atoms with van der Waals surface area (Å²) >= 11 is 2.31. The van der Waals surface area contributed by atoms with Gasteiger partial charge in [-0.15, -0.1) is 0 Å². The van der Waals surface area contributed by atoms with Gasteiger partial charge in [0.15, 0.2) is 0 Å². The molecule has 0 spiro atoms. The minimum absolute atomic E-state index is 0.479. The third-order valence-corrected chi connectivity index (χ3v) is 4.78. The number of hydrogen-bond donors (Lipinski definition) is 1. The SMILES string of the molecule is CN1CCN(C)C(Cn2c(N)nc3cc(I)ccc32)C1. The van der Waals surface area contributed by atoms with Crippen molar-refractivity contribution in [2.45, 2.75) is 12.6 Å². The van der Waals surface area contributed by atoms with Crippen molar-refractivity contribution in [2.24, 2.45) is 0 Å². The Bertz CT molecular complexity index is 623. The molecular formula is C14H20IN5. The van der Waals surface area contributed by atoms with Gasteiger partial charge in [-0.3, -0.25) is 4.90 Å². The largest absolute Gasteiger partial charge is 0.369 e. The molecular weight excluding hydrogens is 365 g/mol. The quantitative estimate of drug-likeness (QED) is 0.796. The fourth-order valence-corrected chi connectivity index (χ4v) is 3.30. The van der Waals surface area contributed by atoms with Crippen LogP contribution in [0.2, 0.25) is 0 Å². The van der Waals surface area contributed by atoms with Crippen molar-refractivity contribution in [1.82, 2.24) is 19.4 Å². The Morgan fingerprint density at radius 1 is 1.35 bits per heavy atom. The van der Waals surface area contributed by atoms with Gasteiger partial charge in [-0.1, -0.05) is 0 Å². The molecule has 3 rings (SSSR count). The maximum absolute atomic E-state index is 6.12. The maximum Gasteiger partial charge on any atom is 0.201 e. The number of aromatic nitrogens is 2. The average molecular weight is 385 g/mol. The number of anilines is 1. The number of hydrogen-bond acceptors (Lipinski definition) is 4. The molecule has 20 heavy (non-hydrogen) atoms. The number of benzene rings is 1. The van der Waals surface area contributed by atoms with Gasteiger partial charge in [0, 0.05) is 35.8 Å². The molecule has 0 saturated carbocycles. The number of halogens is 1. The van der Waals surface area contributed by atoms with E-state index in [9.17, 15) is 0 Å². The van der Waals surface area contributed by atoms with Crippen LogP contribution in [0.1, 0.15) is 0 Å². The zero-order valence-corrected chi connectivity index (χ0v) is 14.0. The van der Waals surface area contributed by atoms with Crippen molar-refractivity contribution in [1.29, 1.82) is 0 Å². The van der Waals surface area contributed by atoms with Gasteiger partial charge in [-0.25, -0.2) is 4.98 Å². The fourth-order valence-electron chi connectivity index (χ4n) is 2.82. The smallest absolute Gasteiger partial charge is 0.201 e. The van der Waals surface area contributed by atoms with Crippen molar-refractivity contribution in [3.05, 3.63) is 21.8 Å². The standard InChI is InChI=1S/C14H20IN5/c1-18-5-6-19(2)11(8-18)9-20-13-4-3-10(15)7-12(13)17-14(20)16/h3-4,7,11H,5-6,8-9H2,1-2H3,(H2,16,17). The van der Waals surface area contributed by atoms with Crippen molar-refractivity contribution >= 4 is 39.6 Å². The molecule has 0 radical (unpaired) electrons. The van der Waals surface area contributed by atoms with E-state index >= 15 is 0 Å². The van der Waals surface area contributed by atoms with E-state index in [0.29, 0.717) is 12.0 Å². The van der Waals surface area contributed by atoms with Gasteiger partial charge in [-0.05, 0) is 54.9 Å².